The molecule has 0 aromatic heterocycles. The Morgan fingerprint density at radius 3 is 2.15 bits per heavy atom. The van der Waals surface area contributed by atoms with Gasteiger partial charge in [-0.3, -0.25) is 0 Å². The summed E-state index contributed by atoms with van der Waals surface area (Å²) in [6.45, 7) is 2.14. The Morgan fingerprint density at radius 1 is 1.15 bits per heavy atom. The summed E-state index contributed by atoms with van der Waals surface area (Å²) in [5, 5.41) is 0. The number of hydrogen-bond acceptors (Lipinski definition) is 2. The highest BCUT2D eigenvalue weighted by molar-refractivity contribution is 5.19. The smallest absolute Gasteiger partial charge is 0.0450 e. The van der Waals surface area contributed by atoms with E-state index in [-0.39, 0.29) is 6.04 Å². The largest absolute Gasteiger partial charge is 0.323 e. The van der Waals surface area contributed by atoms with E-state index in [2.05, 4.69) is 24.0 Å². The highest BCUT2D eigenvalue weighted by atomic mass is 15.1. The number of nitrogens with two attached hydrogens (primary N) is 1. The predicted molar refractivity (Wildman–Crippen MR) is 56.5 cm³/mol. The number of benzene rings is 1. The van der Waals surface area contributed by atoms with E-state index in [0.29, 0.717) is 6.04 Å². The van der Waals surface area contributed by atoms with Gasteiger partial charge >= 0.3 is 0 Å². The summed E-state index contributed by atoms with van der Waals surface area (Å²) >= 11 is 0. The molecule has 0 radical (unpaired) electrons. The minimum Gasteiger partial charge on any atom is -0.323 e. The zero-order chi connectivity index (χ0) is 9.84. The first-order chi connectivity index (χ1) is 6.13. The Kier molecular flexibility index (Phi) is 3.46. The molecule has 0 aliphatic rings. The van der Waals surface area contributed by atoms with Gasteiger partial charge in [0.2, 0.25) is 0 Å². The van der Waals surface area contributed by atoms with E-state index in [9.17, 15) is 0 Å². The van der Waals surface area contributed by atoms with Crippen molar-refractivity contribution in [3.05, 3.63) is 35.9 Å². The fourth-order valence-corrected chi connectivity index (χ4v) is 1.27. The van der Waals surface area contributed by atoms with E-state index < -0.39 is 0 Å². The van der Waals surface area contributed by atoms with Crippen molar-refractivity contribution in [2.24, 2.45) is 5.73 Å². The van der Waals surface area contributed by atoms with E-state index in [1.807, 2.05) is 32.3 Å². The molecule has 0 fully saturated rings. The van der Waals surface area contributed by atoms with Gasteiger partial charge in [-0.1, -0.05) is 30.3 Å². The highest BCUT2D eigenvalue weighted by Gasteiger charge is 2.15. The van der Waals surface area contributed by atoms with Crippen molar-refractivity contribution in [1.29, 1.82) is 0 Å². The molecule has 2 N–H and O–H groups in total. The van der Waals surface area contributed by atoms with Crippen LogP contribution in [0.5, 0.6) is 0 Å². The van der Waals surface area contributed by atoms with Crippen LogP contribution in [0.15, 0.2) is 30.3 Å². The van der Waals surface area contributed by atoms with Crippen LogP contribution in [0, 0.1) is 0 Å². The van der Waals surface area contributed by atoms with Crippen LogP contribution in [0.2, 0.25) is 0 Å². The molecule has 13 heavy (non-hydrogen) atoms. The molecule has 0 amide bonds. The van der Waals surface area contributed by atoms with Gasteiger partial charge in [0, 0.05) is 12.1 Å². The SMILES string of the molecule is C[C@@H]([C@@H](N)c1ccccc1)N(C)C. The normalized spacial score (nSPS) is 15.8. The van der Waals surface area contributed by atoms with E-state index in [0.717, 1.165) is 0 Å². The minimum absolute atomic E-state index is 0.0937. The van der Waals surface area contributed by atoms with Gasteiger partial charge in [0.15, 0.2) is 0 Å². The van der Waals surface area contributed by atoms with Gasteiger partial charge in [-0.25, -0.2) is 0 Å². The molecule has 0 heterocycles. The quantitative estimate of drug-likeness (QED) is 0.762. The van der Waals surface area contributed by atoms with Gasteiger partial charge in [0.05, 0.1) is 0 Å². The Labute approximate surface area is 80.4 Å². The lowest BCUT2D eigenvalue weighted by Crippen LogP contribution is -2.35. The number of likely N-dealkylation sites (N-methyl/N-ethyl adjacent to an activating group) is 1. The van der Waals surface area contributed by atoms with Crippen molar-refractivity contribution in [3.63, 3.8) is 0 Å². The Bertz CT molecular complexity index is 244. The van der Waals surface area contributed by atoms with Crippen molar-refractivity contribution in [2.45, 2.75) is 19.0 Å². The van der Waals surface area contributed by atoms with Gasteiger partial charge in [0.1, 0.15) is 0 Å². The third-order valence-electron chi connectivity index (χ3n) is 2.52. The third-order valence-corrected chi connectivity index (χ3v) is 2.52. The average molecular weight is 178 g/mol. The first-order valence-electron chi connectivity index (χ1n) is 4.60. The summed E-state index contributed by atoms with van der Waals surface area (Å²) in [6.07, 6.45) is 0. The average Bonchev–Trinajstić information content (AvgIpc) is 2.17. The molecule has 1 rings (SSSR count). The van der Waals surface area contributed by atoms with Crippen molar-refractivity contribution in [2.75, 3.05) is 14.1 Å². The number of rotatable bonds is 3. The predicted octanol–water partition coefficient (Wildman–Crippen LogP) is 1.64. The molecule has 0 aliphatic heterocycles. The summed E-state index contributed by atoms with van der Waals surface area (Å²) in [5.74, 6) is 0. The summed E-state index contributed by atoms with van der Waals surface area (Å²) < 4.78 is 0. The first kappa shape index (κ1) is 10.2. The molecule has 0 saturated carbocycles. The van der Waals surface area contributed by atoms with Gasteiger partial charge in [-0.05, 0) is 26.6 Å². The lowest BCUT2D eigenvalue weighted by molar-refractivity contribution is 0.274. The van der Waals surface area contributed by atoms with Crippen LogP contribution >= 0.6 is 0 Å². The van der Waals surface area contributed by atoms with Crippen LogP contribution in [0.1, 0.15) is 18.5 Å². The maximum Gasteiger partial charge on any atom is 0.0450 e. The minimum atomic E-state index is 0.0937. The van der Waals surface area contributed by atoms with E-state index in [4.69, 9.17) is 5.73 Å². The van der Waals surface area contributed by atoms with Gasteiger partial charge in [-0.2, -0.15) is 0 Å². The van der Waals surface area contributed by atoms with Crippen molar-refractivity contribution in [1.82, 2.24) is 4.90 Å². The molecule has 72 valence electrons. The molecule has 0 aliphatic carbocycles. The van der Waals surface area contributed by atoms with E-state index in [1.165, 1.54) is 5.56 Å². The zero-order valence-corrected chi connectivity index (χ0v) is 8.57. The van der Waals surface area contributed by atoms with Crippen LogP contribution in [-0.2, 0) is 0 Å². The summed E-state index contributed by atoms with van der Waals surface area (Å²) in [7, 11) is 4.10. The Hall–Kier alpha value is -0.860. The molecular weight excluding hydrogens is 160 g/mol. The molecule has 0 unspecified atom stereocenters. The molecule has 0 spiro atoms. The fourth-order valence-electron chi connectivity index (χ4n) is 1.27. The third kappa shape index (κ3) is 2.54. The lowest BCUT2D eigenvalue weighted by atomic mass is 10.0. The number of nitrogens with zero attached hydrogens (tertiary/aromatic N) is 1. The maximum absolute atomic E-state index is 6.10. The topological polar surface area (TPSA) is 29.3 Å². The molecule has 0 saturated heterocycles. The number of hydrogen-bond donors (Lipinski definition) is 1. The second-order valence-electron chi connectivity index (χ2n) is 3.64. The molecule has 2 heteroatoms. The molecule has 1 aromatic carbocycles. The summed E-state index contributed by atoms with van der Waals surface area (Å²) in [5.41, 5.74) is 7.30. The highest BCUT2D eigenvalue weighted by Crippen LogP contribution is 2.15. The molecule has 1 aromatic rings. The Balaban J connectivity index is 2.73. The van der Waals surface area contributed by atoms with Crippen LogP contribution in [0.25, 0.3) is 0 Å². The first-order valence-corrected chi connectivity index (χ1v) is 4.60. The monoisotopic (exact) mass is 178 g/mol. The molecule has 2 nitrogen and oxygen atoms in total. The second-order valence-corrected chi connectivity index (χ2v) is 3.64. The van der Waals surface area contributed by atoms with Crippen molar-refractivity contribution < 1.29 is 0 Å². The van der Waals surface area contributed by atoms with Gasteiger partial charge in [0.25, 0.3) is 0 Å². The van der Waals surface area contributed by atoms with Gasteiger partial charge in [-0.15, -0.1) is 0 Å². The Morgan fingerprint density at radius 2 is 1.69 bits per heavy atom. The van der Waals surface area contributed by atoms with Crippen LogP contribution in [0.3, 0.4) is 0 Å². The van der Waals surface area contributed by atoms with E-state index in [1.54, 1.807) is 0 Å². The van der Waals surface area contributed by atoms with E-state index >= 15 is 0 Å². The lowest BCUT2D eigenvalue weighted by Gasteiger charge is -2.26. The summed E-state index contributed by atoms with van der Waals surface area (Å²) in [4.78, 5) is 2.14. The van der Waals surface area contributed by atoms with Gasteiger partial charge < -0.3 is 10.6 Å². The summed E-state index contributed by atoms with van der Waals surface area (Å²) in [6, 6.07) is 10.7. The van der Waals surface area contributed by atoms with Crippen LogP contribution in [0.4, 0.5) is 0 Å². The second kappa shape index (κ2) is 4.40. The molecule has 0 bridgehead atoms. The maximum atomic E-state index is 6.10. The van der Waals surface area contributed by atoms with Crippen LogP contribution in [-0.4, -0.2) is 25.0 Å². The molecule has 2 atom stereocenters. The standard InChI is InChI=1S/C11H18N2/c1-9(13(2)3)11(12)10-7-5-4-6-8-10/h4-9,11H,12H2,1-3H3/t9-,11+/m0/s1. The fraction of sp³-hybridized carbons (Fsp3) is 0.455. The zero-order valence-electron chi connectivity index (χ0n) is 8.57. The van der Waals surface area contributed by atoms with Crippen molar-refractivity contribution >= 4 is 0 Å². The molecular formula is C11H18N2. The van der Waals surface area contributed by atoms with Crippen LogP contribution < -0.4 is 5.73 Å². The van der Waals surface area contributed by atoms with Crippen molar-refractivity contribution in [3.8, 4) is 0 Å².